The van der Waals surface area contributed by atoms with E-state index in [1.165, 1.54) is 27.1 Å². The maximum Gasteiger partial charge on any atom is 0.0864 e. The number of nitrogens with zero attached hydrogens (tertiary/aromatic N) is 1. The Balaban J connectivity index is 1.87. The lowest BCUT2D eigenvalue weighted by atomic mass is 9.89. The third-order valence-electron chi connectivity index (χ3n) is 4.51. The van der Waals surface area contributed by atoms with Gasteiger partial charge in [-0.1, -0.05) is 54.6 Å². The van der Waals surface area contributed by atoms with E-state index >= 15 is 0 Å². The molecular weight excluding hydrogens is 334 g/mol. The zero-order valence-electron chi connectivity index (χ0n) is 11.8. The smallest absolute Gasteiger partial charge is 0.0864 e. The predicted molar refractivity (Wildman–Crippen MR) is 94.1 cm³/mol. The first-order valence-electron chi connectivity index (χ1n) is 7.40. The fraction of sp³-hybridized carbons (Fsp3) is 0.0500. The summed E-state index contributed by atoms with van der Waals surface area (Å²) in [6.45, 7) is 0. The summed E-state index contributed by atoms with van der Waals surface area (Å²) >= 11 is 3.64. The van der Waals surface area contributed by atoms with E-state index in [2.05, 4.69) is 82.7 Å². The van der Waals surface area contributed by atoms with Crippen molar-refractivity contribution >= 4 is 38.5 Å². The fourth-order valence-electron chi connectivity index (χ4n) is 3.49. The maximum absolute atomic E-state index is 4.90. The molecule has 3 aromatic rings. The Morgan fingerprint density at radius 1 is 0.864 bits per heavy atom. The molecule has 0 saturated carbocycles. The van der Waals surface area contributed by atoms with Crippen molar-refractivity contribution in [2.45, 2.75) is 5.92 Å². The number of allylic oxidation sites excluding steroid dienone is 1. The molecule has 1 aliphatic carbocycles. The molecule has 104 valence electrons. The van der Waals surface area contributed by atoms with Gasteiger partial charge in [-0.25, -0.2) is 4.99 Å². The van der Waals surface area contributed by atoms with E-state index in [1.54, 1.807) is 0 Å². The first-order chi connectivity index (χ1) is 10.8. The summed E-state index contributed by atoms with van der Waals surface area (Å²) in [6, 6.07) is 19.3. The van der Waals surface area contributed by atoms with Gasteiger partial charge in [-0.05, 0) is 44.2 Å². The van der Waals surface area contributed by atoms with Crippen LogP contribution in [0.15, 0.2) is 70.1 Å². The molecule has 0 fully saturated rings. The van der Waals surface area contributed by atoms with Gasteiger partial charge in [-0.15, -0.1) is 0 Å². The molecule has 0 spiro atoms. The quantitative estimate of drug-likeness (QED) is 0.628. The predicted octanol–water partition coefficient (Wildman–Crippen LogP) is 4.15. The van der Waals surface area contributed by atoms with Crippen LogP contribution in [0.1, 0.15) is 17.0 Å². The largest absolute Gasteiger partial charge is 0.247 e. The van der Waals surface area contributed by atoms with Crippen LogP contribution in [0.5, 0.6) is 0 Å². The molecule has 3 aromatic carbocycles. The van der Waals surface area contributed by atoms with E-state index in [1.807, 2.05) is 0 Å². The number of benzene rings is 3. The molecule has 0 saturated heterocycles. The highest BCUT2D eigenvalue weighted by Crippen LogP contribution is 2.33. The summed E-state index contributed by atoms with van der Waals surface area (Å²) < 4.78 is 1.07. The van der Waals surface area contributed by atoms with E-state index < -0.39 is 0 Å². The van der Waals surface area contributed by atoms with Gasteiger partial charge in [0.15, 0.2) is 0 Å². The summed E-state index contributed by atoms with van der Waals surface area (Å²) in [4.78, 5) is 4.90. The van der Waals surface area contributed by atoms with Crippen LogP contribution in [0.25, 0.3) is 22.5 Å². The average Bonchev–Trinajstić information content (AvgIpc) is 2.96. The lowest BCUT2D eigenvalue weighted by Gasteiger charge is -2.15. The summed E-state index contributed by atoms with van der Waals surface area (Å²) in [5, 5.41) is 4.90. The topological polar surface area (TPSA) is 12.4 Å². The van der Waals surface area contributed by atoms with Crippen molar-refractivity contribution in [1.29, 1.82) is 0 Å². The number of halogens is 1. The van der Waals surface area contributed by atoms with Crippen LogP contribution < -0.4 is 10.6 Å². The van der Waals surface area contributed by atoms with E-state index in [4.69, 9.17) is 4.99 Å². The highest BCUT2D eigenvalue weighted by Gasteiger charge is 2.22. The Morgan fingerprint density at radius 2 is 1.68 bits per heavy atom. The Kier molecular flexibility index (Phi) is 2.47. The Hall–Kier alpha value is -2.19. The molecule has 2 heteroatoms. The van der Waals surface area contributed by atoms with Crippen molar-refractivity contribution in [2.24, 2.45) is 4.99 Å². The highest BCUT2D eigenvalue weighted by atomic mass is 79.9. The molecule has 0 amide bonds. The second-order valence-electron chi connectivity index (χ2n) is 5.79. The zero-order chi connectivity index (χ0) is 14.7. The molecule has 0 bridgehead atoms. The molecule has 0 radical (unpaired) electrons. The van der Waals surface area contributed by atoms with Crippen molar-refractivity contribution < 1.29 is 0 Å². The minimum Gasteiger partial charge on any atom is -0.247 e. The molecule has 2 aliphatic rings. The minimum absolute atomic E-state index is 0.290. The third kappa shape index (κ3) is 1.62. The Bertz CT molecular complexity index is 1080. The molecular formula is C20H12BrN. The average molecular weight is 346 g/mol. The van der Waals surface area contributed by atoms with Crippen LogP contribution in [0.2, 0.25) is 0 Å². The zero-order valence-corrected chi connectivity index (χ0v) is 13.3. The molecule has 1 unspecified atom stereocenters. The van der Waals surface area contributed by atoms with Gasteiger partial charge in [-0.3, -0.25) is 0 Å². The van der Waals surface area contributed by atoms with E-state index in [0.717, 1.165) is 15.5 Å². The molecule has 1 heterocycles. The second kappa shape index (κ2) is 4.40. The first-order valence-corrected chi connectivity index (χ1v) is 8.19. The third-order valence-corrected chi connectivity index (χ3v) is 5.15. The molecule has 22 heavy (non-hydrogen) atoms. The molecule has 5 rings (SSSR count). The van der Waals surface area contributed by atoms with Crippen molar-refractivity contribution in [3.05, 3.63) is 86.8 Å². The van der Waals surface area contributed by atoms with Gasteiger partial charge in [0.2, 0.25) is 0 Å². The summed E-state index contributed by atoms with van der Waals surface area (Å²) in [7, 11) is 0. The van der Waals surface area contributed by atoms with Crippen LogP contribution in [0.4, 0.5) is 0 Å². The van der Waals surface area contributed by atoms with Gasteiger partial charge < -0.3 is 0 Å². The van der Waals surface area contributed by atoms with Crippen LogP contribution in [-0.2, 0) is 0 Å². The number of hydrogen-bond acceptors (Lipinski definition) is 1. The van der Waals surface area contributed by atoms with Gasteiger partial charge in [-0.2, -0.15) is 0 Å². The first kappa shape index (κ1) is 12.4. The van der Waals surface area contributed by atoms with Crippen molar-refractivity contribution in [3.8, 4) is 0 Å². The van der Waals surface area contributed by atoms with Crippen molar-refractivity contribution in [3.63, 3.8) is 0 Å². The molecule has 0 N–H and O–H groups in total. The molecule has 1 atom stereocenters. The number of hydrogen-bond donors (Lipinski definition) is 0. The number of rotatable bonds is 1. The van der Waals surface area contributed by atoms with E-state index in [0.29, 0.717) is 0 Å². The van der Waals surface area contributed by atoms with Gasteiger partial charge in [0, 0.05) is 21.3 Å². The standard InChI is InChI=1S/C20H12BrN/c21-16-9-8-13-6-7-14-10-15(12-4-2-1-3-5-12)11-17-18(14)19(13)20(16)22-17/h1-11,15H. The molecule has 1 aliphatic heterocycles. The fourth-order valence-corrected chi connectivity index (χ4v) is 3.91. The lowest BCUT2D eigenvalue weighted by Crippen LogP contribution is -2.14. The van der Waals surface area contributed by atoms with Crippen LogP contribution in [0.3, 0.4) is 0 Å². The molecule has 1 nitrogen and oxygen atoms in total. The maximum atomic E-state index is 4.90. The molecule has 0 aromatic heterocycles. The summed E-state index contributed by atoms with van der Waals surface area (Å²) in [5.41, 5.74) is 3.71. The lowest BCUT2D eigenvalue weighted by molar-refractivity contribution is 1.12. The van der Waals surface area contributed by atoms with Gasteiger partial charge in [0.25, 0.3) is 0 Å². The van der Waals surface area contributed by atoms with E-state index in [9.17, 15) is 0 Å². The second-order valence-corrected chi connectivity index (χ2v) is 6.65. The van der Waals surface area contributed by atoms with Gasteiger partial charge in [0.1, 0.15) is 0 Å². The minimum atomic E-state index is 0.290. The Labute approximate surface area is 136 Å². The van der Waals surface area contributed by atoms with Crippen molar-refractivity contribution in [1.82, 2.24) is 0 Å². The SMILES string of the molecule is Brc1ccc2ccc3c4c2c1=NC4=CC(c1ccccc1)C=3. The van der Waals surface area contributed by atoms with Gasteiger partial charge in [0.05, 0.1) is 11.1 Å². The van der Waals surface area contributed by atoms with Crippen LogP contribution >= 0.6 is 15.9 Å². The van der Waals surface area contributed by atoms with Gasteiger partial charge >= 0.3 is 0 Å². The van der Waals surface area contributed by atoms with Crippen LogP contribution in [-0.4, -0.2) is 0 Å². The summed E-state index contributed by atoms with van der Waals surface area (Å²) in [6.07, 6.45) is 4.63. The van der Waals surface area contributed by atoms with Crippen LogP contribution in [0, 0.1) is 0 Å². The van der Waals surface area contributed by atoms with Crippen molar-refractivity contribution in [2.75, 3.05) is 0 Å². The van der Waals surface area contributed by atoms with E-state index in [-0.39, 0.29) is 5.92 Å². The monoisotopic (exact) mass is 345 g/mol. The highest BCUT2D eigenvalue weighted by molar-refractivity contribution is 9.10. The normalized spacial score (nSPS) is 17.9. The Morgan fingerprint density at radius 3 is 2.55 bits per heavy atom. The summed E-state index contributed by atoms with van der Waals surface area (Å²) in [5.74, 6) is 0.290.